The molecule has 0 saturated heterocycles. The molecule has 3 rings (SSSR count). The molecule has 0 radical (unpaired) electrons. The predicted molar refractivity (Wildman–Crippen MR) is 77.4 cm³/mol. The van der Waals surface area contributed by atoms with Crippen LogP contribution in [0.1, 0.15) is 21.7 Å². The Kier molecular flexibility index (Phi) is 3.52. The van der Waals surface area contributed by atoms with Gasteiger partial charge in [0.25, 0.3) is 0 Å². The molecule has 1 aromatic carbocycles. The second-order valence-corrected chi connectivity index (χ2v) is 5.53. The maximum Gasteiger partial charge on any atom is 0.211 e. The van der Waals surface area contributed by atoms with Crippen LogP contribution in [0.4, 0.5) is 13.2 Å². The Labute approximate surface area is 131 Å². The van der Waals surface area contributed by atoms with E-state index in [9.17, 15) is 18.0 Å². The van der Waals surface area contributed by atoms with Crippen molar-refractivity contribution >= 4 is 27.4 Å². The Morgan fingerprint density at radius 3 is 2.50 bits per heavy atom. The molecular weight excluding hydrogens is 361 g/mol. The summed E-state index contributed by atoms with van der Waals surface area (Å²) in [7, 11) is 0. The molecule has 7 heteroatoms. The number of fused-ring (bicyclic) bond motifs is 1. The predicted octanol–water partition coefficient (Wildman–Crippen LogP) is 4.05. The van der Waals surface area contributed by atoms with Crippen molar-refractivity contribution < 1.29 is 18.0 Å². The molecule has 2 aromatic heterocycles. The summed E-state index contributed by atoms with van der Waals surface area (Å²) < 4.78 is 41.9. The van der Waals surface area contributed by atoms with Crippen molar-refractivity contribution in [2.75, 3.05) is 0 Å². The van der Waals surface area contributed by atoms with Gasteiger partial charge in [0.05, 0.1) is 10.2 Å². The maximum atomic E-state index is 13.3. The van der Waals surface area contributed by atoms with Crippen molar-refractivity contribution in [3.63, 3.8) is 0 Å². The van der Waals surface area contributed by atoms with Crippen LogP contribution in [0.15, 0.2) is 34.9 Å². The second-order valence-electron chi connectivity index (χ2n) is 4.68. The summed E-state index contributed by atoms with van der Waals surface area (Å²) in [5.74, 6) is -5.05. The van der Waals surface area contributed by atoms with Gasteiger partial charge in [0.15, 0.2) is 23.1 Å². The van der Waals surface area contributed by atoms with Crippen LogP contribution in [0.25, 0.3) is 5.65 Å². The smallest absolute Gasteiger partial charge is 0.211 e. The van der Waals surface area contributed by atoms with Crippen molar-refractivity contribution in [1.82, 2.24) is 9.38 Å². The van der Waals surface area contributed by atoms with E-state index in [1.807, 2.05) is 0 Å². The van der Waals surface area contributed by atoms with Gasteiger partial charge in [-0.1, -0.05) is 0 Å². The van der Waals surface area contributed by atoms with Gasteiger partial charge in [0.1, 0.15) is 5.69 Å². The van der Waals surface area contributed by atoms with Gasteiger partial charge in [0.2, 0.25) is 5.78 Å². The highest BCUT2D eigenvalue weighted by atomic mass is 79.9. The number of carbonyl (C=O) groups is 1. The lowest BCUT2D eigenvalue weighted by Gasteiger charge is -2.05. The van der Waals surface area contributed by atoms with Gasteiger partial charge in [-0.15, -0.1) is 0 Å². The van der Waals surface area contributed by atoms with Crippen LogP contribution in [0, 0.1) is 24.4 Å². The highest BCUT2D eigenvalue weighted by Gasteiger charge is 2.22. The van der Waals surface area contributed by atoms with Crippen LogP contribution in [-0.2, 0) is 0 Å². The van der Waals surface area contributed by atoms with Crippen LogP contribution < -0.4 is 0 Å². The summed E-state index contributed by atoms with van der Waals surface area (Å²) in [4.78, 5) is 16.8. The number of aromatic nitrogens is 2. The van der Waals surface area contributed by atoms with Crippen molar-refractivity contribution in [2.24, 2.45) is 0 Å². The number of hydrogen-bond donors (Lipinski definition) is 0. The number of rotatable bonds is 2. The van der Waals surface area contributed by atoms with Gasteiger partial charge in [-0.2, -0.15) is 0 Å². The van der Waals surface area contributed by atoms with Crippen LogP contribution in [0.3, 0.4) is 0 Å². The zero-order chi connectivity index (χ0) is 16.0. The first kappa shape index (κ1) is 14.8. The van der Waals surface area contributed by atoms with Crippen molar-refractivity contribution in [1.29, 1.82) is 0 Å². The Hall–Kier alpha value is -2.15. The van der Waals surface area contributed by atoms with E-state index in [4.69, 9.17) is 0 Å². The maximum absolute atomic E-state index is 13.3. The highest BCUT2D eigenvalue weighted by Crippen LogP contribution is 2.23. The van der Waals surface area contributed by atoms with Gasteiger partial charge in [-0.25, -0.2) is 18.2 Å². The van der Waals surface area contributed by atoms with E-state index < -0.39 is 23.2 Å². The fraction of sp³-hybridized carbons (Fsp3) is 0.0667. The molecule has 2 heterocycles. The first-order valence-electron chi connectivity index (χ1n) is 6.22. The van der Waals surface area contributed by atoms with Crippen LogP contribution in [-0.4, -0.2) is 15.2 Å². The van der Waals surface area contributed by atoms with E-state index in [0.717, 1.165) is 0 Å². The standard InChI is InChI=1S/C15H8BrF3N2O/c1-7-13(21-4-2-3-9(16)15(21)20-7)14(22)8-5-10(17)12(19)11(18)6-8/h2-6H,1H3. The van der Waals surface area contributed by atoms with Crippen LogP contribution >= 0.6 is 15.9 Å². The minimum Gasteiger partial charge on any atom is -0.296 e. The average Bonchev–Trinajstić information content (AvgIpc) is 2.81. The van der Waals surface area contributed by atoms with Gasteiger partial charge >= 0.3 is 0 Å². The Bertz CT molecular complexity index is 898. The van der Waals surface area contributed by atoms with Gasteiger partial charge in [-0.05, 0) is 47.1 Å². The summed E-state index contributed by atoms with van der Waals surface area (Å²) in [5.41, 5.74) is 0.802. The molecule has 0 spiro atoms. The normalized spacial score (nSPS) is 11.1. The monoisotopic (exact) mass is 368 g/mol. The van der Waals surface area contributed by atoms with E-state index >= 15 is 0 Å². The molecule has 0 atom stereocenters. The summed E-state index contributed by atoms with van der Waals surface area (Å²) >= 11 is 3.32. The largest absolute Gasteiger partial charge is 0.296 e. The summed E-state index contributed by atoms with van der Waals surface area (Å²) in [5, 5.41) is 0. The number of aryl methyl sites for hydroxylation is 1. The first-order chi connectivity index (χ1) is 10.4. The van der Waals surface area contributed by atoms with E-state index in [1.165, 1.54) is 4.40 Å². The molecule has 22 heavy (non-hydrogen) atoms. The van der Waals surface area contributed by atoms with Gasteiger partial charge in [-0.3, -0.25) is 9.20 Å². The Morgan fingerprint density at radius 1 is 1.23 bits per heavy atom. The number of hydrogen-bond acceptors (Lipinski definition) is 2. The lowest BCUT2D eigenvalue weighted by atomic mass is 10.1. The molecule has 112 valence electrons. The number of benzene rings is 1. The van der Waals surface area contributed by atoms with Crippen molar-refractivity contribution in [3.8, 4) is 0 Å². The zero-order valence-electron chi connectivity index (χ0n) is 11.2. The summed E-state index contributed by atoms with van der Waals surface area (Å²) in [6.45, 7) is 1.61. The number of pyridine rings is 1. The number of carbonyl (C=O) groups excluding carboxylic acids is 1. The lowest BCUT2D eigenvalue weighted by Crippen LogP contribution is -2.09. The van der Waals surface area contributed by atoms with Crippen molar-refractivity contribution in [2.45, 2.75) is 6.92 Å². The number of imidazole rings is 1. The molecule has 0 bridgehead atoms. The molecule has 0 aliphatic rings. The summed E-state index contributed by atoms with van der Waals surface area (Å²) in [6.07, 6.45) is 1.61. The van der Waals surface area contributed by atoms with E-state index in [2.05, 4.69) is 20.9 Å². The third-order valence-electron chi connectivity index (χ3n) is 3.24. The van der Waals surface area contributed by atoms with Gasteiger partial charge in [0, 0.05) is 11.8 Å². The molecule has 0 amide bonds. The molecule has 0 unspecified atom stereocenters. The molecular formula is C15H8BrF3N2O. The van der Waals surface area contributed by atoms with Gasteiger partial charge < -0.3 is 0 Å². The van der Waals surface area contributed by atoms with Crippen LogP contribution in [0.5, 0.6) is 0 Å². The topological polar surface area (TPSA) is 34.4 Å². The quantitative estimate of drug-likeness (QED) is 0.505. The fourth-order valence-electron chi connectivity index (χ4n) is 2.24. The molecule has 3 nitrogen and oxygen atoms in total. The molecule has 0 N–H and O–H groups in total. The molecule has 0 aliphatic carbocycles. The van der Waals surface area contributed by atoms with Crippen LogP contribution in [0.2, 0.25) is 0 Å². The lowest BCUT2D eigenvalue weighted by molar-refractivity contribution is 0.103. The Balaban J connectivity index is 2.22. The minimum atomic E-state index is -1.60. The second kappa shape index (κ2) is 5.24. The third-order valence-corrected chi connectivity index (χ3v) is 3.86. The first-order valence-corrected chi connectivity index (χ1v) is 7.02. The van der Waals surface area contributed by atoms with E-state index in [-0.39, 0.29) is 11.3 Å². The molecule has 0 fully saturated rings. The Morgan fingerprint density at radius 2 is 1.86 bits per heavy atom. The molecule has 3 aromatic rings. The van der Waals surface area contributed by atoms with Crippen molar-refractivity contribution in [3.05, 3.63) is 69.3 Å². The van der Waals surface area contributed by atoms with E-state index in [0.29, 0.717) is 27.9 Å². The van der Waals surface area contributed by atoms with E-state index in [1.54, 1.807) is 25.3 Å². The number of nitrogens with zero attached hydrogens (tertiary/aromatic N) is 2. The SMILES string of the molecule is Cc1nc2c(Br)cccn2c1C(=O)c1cc(F)c(F)c(F)c1. The average molecular weight is 369 g/mol. The highest BCUT2D eigenvalue weighted by molar-refractivity contribution is 9.10. The minimum absolute atomic E-state index is 0.168. The fourth-order valence-corrected chi connectivity index (χ4v) is 2.68. The zero-order valence-corrected chi connectivity index (χ0v) is 12.8. The third kappa shape index (κ3) is 2.21. The molecule has 0 saturated carbocycles. The number of ketones is 1. The summed E-state index contributed by atoms with van der Waals surface area (Å²) in [6, 6.07) is 4.81. The molecule has 0 aliphatic heterocycles. The number of halogens is 4.